The molecule has 0 saturated heterocycles. The fourth-order valence-corrected chi connectivity index (χ4v) is 4.53. The van der Waals surface area contributed by atoms with Gasteiger partial charge in [-0.15, -0.1) is 0 Å². The number of nitrogens with one attached hydrogen (secondary N) is 1. The number of hydrogen-bond acceptors (Lipinski definition) is 8. The maximum atomic E-state index is 13.4. The van der Waals surface area contributed by atoms with Crippen molar-refractivity contribution in [1.29, 1.82) is 0 Å². The average Bonchev–Trinajstić information content (AvgIpc) is 2.95. The number of carbonyl (C=O) groups is 1. The van der Waals surface area contributed by atoms with Crippen LogP contribution < -0.4 is 25.2 Å². The minimum absolute atomic E-state index is 0.00449. The number of thioether (sulfide) groups is 1. The molecule has 1 amide bonds. The highest BCUT2D eigenvalue weighted by Gasteiger charge is 2.15. The van der Waals surface area contributed by atoms with Crippen molar-refractivity contribution < 1.29 is 19.0 Å². The van der Waals surface area contributed by atoms with Crippen molar-refractivity contribution >= 4 is 34.3 Å². The lowest BCUT2D eigenvalue weighted by Gasteiger charge is -2.13. The number of amides is 1. The van der Waals surface area contributed by atoms with Gasteiger partial charge in [-0.25, -0.2) is 10.4 Å². The van der Waals surface area contributed by atoms with Gasteiger partial charge in [-0.1, -0.05) is 23.9 Å². The third kappa shape index (κ3) is 5.97. The first-order valence-corrected chi connectivity index (χ1v) is 12.9. The lowest BCUT2D eigenvalue weighted by atomic mass is 10.1. The van der Waals surface area contributed by atoms with Crippen molar-refractivity contribution in [3.8, 4) is 22.9 Å². The molecule has 0 aliphatic carbocycles. The molecule has 0 spiro atoms. The Kier molecular flexibility index (Phi) is 8.65. The first-order valence-electron chi connectivity index (χ1n) is 11.9. The summed E-state index contributed by atoms with van der Waals surface area (Å²) in [5.74, 6) is 1.54. The van der Waals surface area contributed by atoms with E-state index < -0.39 is 0 Å². The largest absolute Gasteiger partial charge is 0.494 e. The maximum absolute atomic E-state index is 13.4. The Morgan fingerprint density at radius 1 is 1.03 bits per heavy atom. The summed E-state index contributed by atoms with van der Waals surface area (Å²) < 4.78 is 17.6. The molecule has 1 N–H and O–H groups in total. The molecular weight excluding hydrogens is 504 g/mol. The third-order valence-electron chi connectivity index (χ3n) is 5.63. The predicted molar refractivity (Wildman–Crippen MR) is 149 cm³/mol. The zero-order valence-electron chi connectivity index (χ0n) is 21.6. The number of carbonyl (C=O) groups excluding carboxylic acids is 1. The number of nitrogens with zero attached hydrogens (tertiary/aromatic N) is 3. The number of para-hydroxylation sites is 1. The van der Waals surface area contributed by atoms with Crippen molar-refractivity contribution in [2.24, 2.45) is 5.10 Å². The van der Waals surface area contributed by atoms with Crippen molar-refractivity contribution in [3.05, 3.63) is 82.6 Å². The van der Waals surface area contributed by atoms with Gasteiger partial charge in [-0.3, -0.25) is 14.2 Å². The van der Waals surface area contributed by atoms with Gasteiger partial charge < -0.3 is 14.2 Å². The molecule has 4 aromatic rings. The van der Waals surface area contributed by atoms with Crippen LogP contribution in [-0.2, 0) is 4.79 Å². The Balaban J connectivity index is 1.55. The molecule has 0 bridgehead atoms. The van der Waals surface area contributed by atoms with Crippen molar-refractivity contribution in [1.82, 2.24) is 15.0 Å². The van der Waals surface area contributed by atoms with Crippen LogP contribution >= 0.6 is 11.8 Å². The number of methoxy groups -OCH3 is 2. The number of rotatable bonds is 10. The molecule has 3 aromatic carbocycles. The monoisotopic (exact) mass is 532 g/mol. The summed E-state index contributed by atoms with van der Waals surface area (Å²) in [5, 5.41) is 5.11. The molecule has 4 rings (SSSR count). The first kappa shape index (κ1) is 26.7. The van der Waals surface area contributed by atoms with E-state index in [0.29, 0.717) is 51.3 Å². The molecule has 10 heteroatoms. The Labute approximate surface area is 224 Å². The van der Waals surface area contributed by atoms with E-state index in [2.05, 4.69) is 15.5 Å². The highest BCUT2D eigenvalue weighted by atomic mass is 32.2. The number of hydrogen-bond donors (Lipinski definition) is 1. The summed E-state index contributed by atoms with van der Waals surface area (Å²) in [6.45, 7) is 4.23. The molecule has 1 aromatic heterocycles. The number of fused-ring (bicyclic) bond motifs is 1. The average molecular weight is 533 g/mol. The van der Waals surface area contributed by atoms with Gasteiger partial charge in [0.25, 0.3) is 11.5 Å². The Hall–Kier alpha value is -4.31. The SMILES string of the molecule is CCOc1ccc(-n2c(SCC(=O)NN=C(C)c3ccc(OC)c(OC)c3)nc3ccccc3c2=O)cc1. The summed E-state index contributed by atoms with van der Waals surface area (Å²) in [7, 11) is 3.12. The molecule has 0 unspecified atom stereocenters. The molecule has 1 heterocycles. The van der Waals surface area contributed by atoms with E-state index in [-0.39, 0.29) is 17.2 Å². The highest BCUT2D eigenvalue weighted by Crippen LogP contribution is 2.28. The van der Waals surface area contributed by atoms with Gasteiger partial charge in [0.05, 0.1) is 48.9 Å². The second-order valence-electron chi connectivity index (χ2n) is 8.07. The van der Waals surface area contributed by atoms with Gasteiger partial charge in [0.1, 0.15) is 5.75 Å². The molecule has 0 aliphatic rings. The van der Waals surface area contributed by atoms with E-state index >= 15 is 0 Å². The molecule has 0 saturated carbocycles. The number of hydrazone groups is 1. The molecular formula is C28H28N4O5S. The fourth-order valence-electron chi connectivity index (χ4n) is 3.73. The van der Waals surface area contributed by atoms with Gasteiger partial charge >= 0.3 is 0 Å². The summed E-state index contributed by atoms with van der Waals surface area (Å²) >= 11 is 1.15. The van der Waals surface area contributed by atoms with Crippen LogP contribution in [0.3, 0.4) is 0 Å². The fraction of sp³-hybridized carbons (Fsp3) is 0.214. The second kappa shape index (κ2) is 12.3. The third-order valence-corrected chi connectivity index (χ3v) is 6.57. The van der Waals surface area contributed by atoms with Crippen LogP contribution in [0.25, 0.3) is 16.6 Å². The van der Waals surface area contributed by atoms with Crippen LogP contribution in [0.2, 0.25) is 0 Å². The summed E-state index contributed by atoms with van der Waals surface area (Å²) in [6.07, 6.45) is 0. The molecule has 38 heavy (non-hydrogen) atoms. The normalized spacial score (nSPS) is 11.3. The maximum Gasteiger partial charge on any atom is 0.266 e. The number of benzene rings is 3. The van der Waals surface area contributed by atoms with Gasteiger partial charge in [-0.05, 0) is 68.4 Å². The van der Waals surface area contributed by atoms with Gasteiger partial charge in [0.2, 0.25) is 0 Å². The predicted octanol–water partition coefficient (Wildman–Crippen LogP) is 4.43. The quantitative estimate of drug-likeness (QED) is 0.139. The molecule has 0 radical (unpaired) electrons. The van der Waals surface area contributed by atoms with Crippen LogP contribution in [0.15, 0.2) is 81.8 Å². The van der Waals surface area contributed by atoms with Crippen LogP contribution in [0.5, 0.6) is 17.2 Å². The summed E-state index contributed by atoms with van der Waals surface area (Å²) in [4.78, 5) is 30.8. The summed E-state index contributed by atoms with van der Waals surface area (Å²) in [5.41, 5.74) is 4.91. The second-order valence-corrected chi connectivity index (χ2v) is 9.01. The van der Waals surface area contributed by atoms with Crippen molar-refractivity contribution in [2.45, 2.75) is 19.0 Å². The van der Waals surface area contributed by atoms with E-state index in [0.717, 1.165) is 17.3 Å². The van der Waals surface area contributed by atoms with Crippen molar-refractivity contribution in [3.63, 3.8) is 0 Å². The standard InChI is InChI=1S/C28H28N4O5S/c1-5-37-21-13-11-20(12-14-21)32-27(34)22-8-6-7-9-23(22)29-28(32)38-17-26(33)31-30-18(2)19-10-15-24(35-3)25(16-19)36-4/h6-16H,5,17H2,1-4H3,(H,31,33). The van der Waals surface area contributed by atoms with Crippen molar-refractivity contribution in [2.75, 3.05) is 26.6 Å². The molecule has 196 valence electrons. The van der Waals surface area contributed by atoms with Gasteiger partial charge in [0.15, 0.2) is 16.7 Å². The topological polar surface area (TPSA) is 104 Å². The van der Waals surface area contributed by atoms with Crippen LogP contribution in [0, 0.1) is 0 Å². The Morgan fingerprint density at radius 3 is 2.47 bits per heavy atom. The molecule has 0 aliphatic heterocycles. The van der Waals surface area contributed by atoms with E-state index in [4.69, 9.17) is 14.2 Å². The minimum atomic E-state index is -0.338. The lowest BCUT2D eigenvalue weighted by molar-refractivity contribution is -0.118. The van der Waals surface area contributed by atoms with Gasteiger partial charge in [0, 0.05) is 5.56 Å². The van der Waals surface area contributed by atoms with E-state index in [1.54, 1.807) is 75.7 Å². The Morgan fingerprint density at radius 2 is 1.76 bits per heavy atom. The van der Waals surface area contributed by atoms with Crippen LogP contribution in [-0.4, -0.2) is 47.7 Å². The molecule has 0 atom stereocenters. The molecule has 9 nitrogen and oxygen atoms in total. The van der Waals surface area contributed by atoms with E-state index in [9.17, 15) is 9.59 Å². The Bertz CT molecular complexity index is 1530. The number of ether oxygens (including phenoxy) is 3. The zero-order chi connectivity index (χ0) is 27.1. The summed E-state index contributed by atoms with van der Waals surface area (Å²) in [6, 6.07) is 19.7. The van der Waals surface area contributed by atoms with Crippen LogP contribution in [0.4, 0.5) is 0 Å². The van der Waals surface area contributed by atoms with Gasteiger partial charge in [-0.2, -0.15) is 5.10 Å². The first-order chi connectivity index (χ1) is 18.4. The highest BCUT2D eigenvalue weighted by molar-refractivity contribution is 7.99. The zero-order valence-corrected chi connectivity index (χ0v) is 22.4. The van der Waals surface area contributed by atoms with E-state index in [1.807, 2.05) is 19.1 Å². The van der Waals surface area contributed by atoms with Crippen LogP contribution in [0.1, 0.15) is 19.4 Å². The van der Waals surface area contributed by atoms with E-state index in [1.165, 1.54) is 4.57 Å². The smallest absolute Gasteiger partial charge is 0.266 e. The minimum Gasteiger partial charge on any atom is -0.494 e. The lowest BCUT2D eigenvalue weighted by Crippen LogP contribution is -2.24. The number of aromatic nitrogens is 2. The molecule has 0 fully saturated rings.